The van der Waals surface area contributed by atoms with Gasteiger partial charge in [-0.1, -0.05) is 49.6 Å². The highest BCUT2D eigenvalue weighted by Crippen LogP contribution is 2.30. The molecule has 3 rings (SSSR count). The van der Waals surface area contributed by atoms with Gasteiger partial charge in [0.05, 0.1) is 12.6 Å². The van der Waals surface area contributed by atoms with Gasteiger partial charge in [-0.05, 0) is 25.3 Å². The number of benzene rings is 1. The van der Waals surface area contributed by atoms with Crippen molar-refractivity contribution in [2.45, 2.75) is 51.2 Å². The molecule has 3 nitrogen and oxygen atoms in total. The van der Waals surface area contributed by atoms with E-state index in [0.717, 1.165) is 19.4 Å². The molecule has 2 fully saturated rings. The molecule has 2 unspecified atom stereocenters. The number of rotatable bonds is 2. The Balaban J connectivity index is 1.69. The maximum absolute atomic E-state index is 12.7. The summed E-state index contributed by atoms with van der Waals surface area (Å²) >= 11 is 0. The summed E-state index contributed by atoms with van der Waals surface area (Å²) in [5.74, 6) is 0.603. The highest BCUT2D eigenvalue weighted by Gasteiger charge is 2.33. The van der Waals surface area contributed by atoms with Crippen LogP contribution in [0.15, 0.2) is 30.3 Å². The molecule has 2 aliphatic rings. The first kappa shape index (κ1) is 14.6. The van der Waals surface area contributed by atoms with E-state index in [4.69, 9.17) is 4.74 Å². The van der Waals surface area contributed by atoms with E-state index in [-0.39, 0.29) is 18.1 Å². The van der Waals surface area contributed by atoms with Crippen LogP contribution in [0.4, 0.5) is 0 Å². The van der Waals surface area contributed by atoms with Gasteiger partial charge in [0.15, 0.2) is 0 Å². The first-order chi connectivity index (χ1) is 10.2. The number of morpholine rings is 1. The molecule has 0 spiro atoms. The van der Waals surface area contributed by atoms with Gasteiger partial charge < -0.3 is 9.64 Å². The van der Waals surface area contributed by atoms with E-state index in [1.165, 1.54) is 24.8 Å². The SMILES string of the molecule is CC1CN(C(=O)C2CCCCC2)CC(c2ccccc2)O1. The summed E-state index contributed by atoms with van der Waals surface area (Å²) in [7, 11) is 0. The van der Waals surface area contributed by atoms with E-state index < -0.39 is 0 Å². The van der Waals surface area contributed by atoms with Crippen LogP contribution in [0.25, 0.3) is 0 Å². The number of nitrogens with zero attached hydrogens (tertiary/aromatic N) is 1. The van der Waals surface area contributed by atoms with Crippen LogP contribution >= 0.6 is 0 Å². The summed E-state index contributed by atoms with van der Waals surface area (Å²) in [5.41, 5.74) is 1.17. The lowest BCUT2D eigenvalue weighted by atomic mass is 9.88. The number of carbonyl (C=O) groups is 1. The van der Waals surface area contributed by atoms with Gasteiger partial charge in [0.2, 0.25) is 5.91 Å². The minimum absolute atomic E-state index is 0.0162. The second-order valence-corrected chi connectivity index (χ2v) is 6.42. The third-order valence-corrected chi connectivity index (χ3v) is 4.70. The minimum Gasteiger partial charge on any atom is -0.367 e. The molecule has 2 atom stereocenters. The van der Waals surface area contributed by atoms with E-state index in [1.807, 2.05) is 23.1 Å². The number of amides is 1. The quantitative estimate of drug-likeness (QED) is 0.832. The molecule has 1 saturated heterocycles. The van der Waals surface area contributed by atoms with Crippen LogP contribution in [0.2, 0.25) is 0 Å². The largest absolute Gasteiger partial charge is 0.367 e. The first-order valence-corrected chi connectivity index (χ1v) is 8.23. The van der Waals surface area contributed by atoms with Gasteiger partial charge in [-0.2, -0.15) is 0 Å². The van der Waals surface area contributed by atoms with Gasteiger partial charge in [-0.3, -0.25) is 4.79 Å². The Labute approximate surface area is 127 Å². The normalized spacial score (nSPS) is 27.6. The molecular weight excluding hydrogens is 262 g/mol. The molecule has 114 valence electrons. The fourth-order valence-electron chi connectivity index (χ4n) is 3.59. The lowest BCUT2D eigenvalue weighted by Gasteiger charge is -2.39. The highest BCUT2D eigenvalue weighted by atomic mass is 16.5. The van der Waals surface area contributed by atoms with Crippen LogP contribution in [0, 0.1) is 5.92 Å². The van der Waals surface area contributed by atoms with Gasteiger partial charge in [0.1, 0.15) is 6.10 Å². The zero-order valence-electron chi connectivity index (χ0n) is 12.8. The number of carbonyl (C=O) groups excluding carboxylic acids is 1. The molecule has 1 saturated carbocycles. The smallest absolute Gasteiger partial charge is 0.225 e. The van der Waals surface area contributed by atoms with E-state index in [9.17, 15) is 4.79 Å². The number of ether oxygens (including phenoxy) is 1. The molecular formula is C18H25NO2. The lowest BCUT2D eigenvalue weighted by molar-refractivity contribution is -0.150. The predicted molar refractivity (Wildman–Crippen MR) is 82.9 cm³/mol. The zero-order chi connectivity index (χ0) is 14.7. The number of hydrogen-bond acceptors (Lipinski definition) is 2. The second kappa shape index (κ2) is 6.61. The second-order valence-electron chi connectivity index (χ2n) is 6.42. The first-order valence-electron chi connectivity index (χ1n) is 8.23. The van der Waals surface area contributed by atoms with Crippen molar-refractivity contribution in [3.63, 3.8) is 0 Å². The third-order valence-electron chi connectivity index (χ3n) is 4.70. The van der Waals surface area contributed by atoms with Crippen molar-refractivity contribution in [3.8, 4) is 0 Å². The van der Waals surface area contributed by atoms with Crippen LogP contribution in [0.1, 0.15) is 50.7 Å². The van der Waals surface area contributed by atoms with Crippen molar-refractivity contribution >= 4 is 5.91 Å². The van der Waals surface area contributed by atoms with Crippen molar-refractivity contribution in [1.29, 1.82) is 0 Å². The molecule has 1 amide bonds. The minimum atomic E-state index is 0.0162. The summed E-state index contributed by atoms with van der Waals surface area (Å²) in [6, 6.07) is 10.3. The topological polar surface area (TPSA) is 29.5 Å². The Hall–Kier alpha value is -1.35. The molecule has 1 aromatic rings. The van der Waals surface area contributed by atoms with Crippen molar-refractivity contribution in [1.82, 2.24) is 4.90 Å². The molecule has 1 aliphatic heterocycles. The zero-order valence-corrected chi connectivity index (χ0v) is 12.8. The molecule has 1 aromatic carbocycles. The van der Waals surface area contributed by atoms with Crippen LogP contribution in [0.5, 0.6) is 0 Å². The van der Waals surface area contributed by atoms with Gasteiger partial charge in [-0.25, -0.2) is 0 Å². The Bertz CT molecular complexity index is 467. The van der Waals surface area contributed by atoms with Crippen LogP contribution < -0.4 is 0 Å². The molecule has 1 heterocycles. The van der Waals surface area contributed by atoms with Crippen molar-refractivity contribution in [2.75, 3.05) is 13.1 Å². The predicted octanol–water partition coefficient (Wildman–Crippen LogP) is 3.56. The van der Waals surface area contributed by atoms with Crippen LogP contribution in [0.3, 0.4) is 0 Å². The number of hydrogen-bond donors (Lipinski definition) is 0. The molecule has 0 aromatic heterocycles. The van der Waals surface area contributed by atoms with Crippen LogP contribution in [-0.4, -0.2) is 30.0 Å². The van der Waals surface area contributed by atoms with Crippen LogP contribution in [-0.2, 0) is 9.53 Å². The summed E-state index contributed by atoms with van der Waals surface area (Å²) < 4.78 is 6.05. The average molecular weight is 287 g/mol. The Morgan fingerprint density at radius 2 is 1.81 bits per heavy atom. The third kappa shape index (κ3) is 3.46. The molecule has 21 heavy (non-hydrogen) atoms. The van der Waals surface area contributed by atoms with Crippen molar-refractivity contribution in [3.05, 3.63) is 35.9 Å². The monoisotopic (exact) mass is 287 g/mol. The molecule has 3 heteroatoms. The Morgan fingerprint density at radius 1 is 1.10 bits per heavy atom. The van der Waals surface area contributed by atoms with E-state index in [1.54, 1.807) is 0 Å². The Morgan fingerprint density at radius 3 is 2.52 bits per heavy atom. The molecule has 0 radical (unpaired) electrons. The molecule has 0 bridgehead atoms. The maximum Gasteiger partial charge on any atom is 0.225 e. The van der Waals surface area contributed by atoms with Gasteiger partial charge in [0, 0.05) is 12.5 Å². The summed E-state index contributed by atoms with van der Waals surface area (Å²) in [5, 5.41) is 0. The standard InChI is InChI=1S/C18H25NO2/c1-14-12-19(18(20)16-10-6-3-7-11-16)13-17(21-14)15-8-4-2-5-9-15/h2,4-5,8-9,14,16-17H,3,6-7,10-13H2,1H3. The summed E-state index contributed by atoms with van der Waals surface area (Å²) in [6.45, 7) is 3.50. The van der Waals surface area contributed by atoms with E-state index in [2.05, 4.69) is 19.1 Å². The van der Waals surface area contributed by atoms with E-state index >= 15 is 0 Å². The van der Waals surface area contributed by atoms with Gasteiger partial charge >= 0.3 is 0 Å². The summed E-state index contributed by atoms with van der Waals surface area (Å²) in [6.07, 6.45) is 5.97. The van der Waals surface area contributed by atoms with E-state index in [0.29, 0.717) is 12.5 Å². The average Bonchev–Trinajstić information content (AvgIpc) is 2.55. The van der Waals surface area contributed by atoms with Gasteiger partial charge in [-0.15, -0.1) is 0 Å². The van der Waals surface area contributed by atoms with Gasteiger partial charge in [0.25, 0.3) is 0 Å². The van der Waals surface area contributed by atoms with Crippen molar-refractivity contribution < 1.29 is 9.53 Å². The highest BCUT2D eigenvalue weighted by molar-refractivity contribution is 5.79. The fraction of sp³-hybridized carbons (Fsp3) is 0.611. The maximum atomic E-state index is 12.7. The summed E-state index contributed by atoms with van der Waals surface area (Å²) in [4.78, 5) is 14.8. The lowest BCUT2D eigenvalue weighted by Crippen LogP contribution is -2.48. The fourth-order valence-corrected chi connectivity index (χ4v) is 3.59. The molecule has 0 N–H and O–H groups in total. The molecule has 1 aliphatic carbocycles. The Kier molecular flexibility index (Phi) is 4.59. The van der Waals surface area contributed by atoms with Crippen molar-refractivity contribution in [2.24, 2.45) is 5.92 Å².